The van der Waals surface area contributed by atoms with Crippen LogP contribution in [0.25, 0.3) is 0 Å². The van der Waals surface area contributed by atoms with Crippen LogP contribution in [-0.4, -0.2) is 31.6 Å². The van der Waals surface area contributed by atoms with Gasteiger partial charge in [-0.3, -0.25) is 4.79 Å². The molecule has 26 heavy (non-hydrogen) atoms. The van der Waals surface area contributed by atoms with Crippen LogP contribution in [0.15, 0.2) is 60.7 Å². The summed E-state index contributed by atoms with van der Waals surface area (Å²) in [5, 5.41) is 5.34. The zero-order valence-electron chi connectivity index (χ0n) is 15.7. The van der Waals surface area contributed by atoms with Crippen LogP contribution in [0.5, 0.6) is 0 Å². The molecule has 1 aliphatic rings. The highest BCUT2D eigenvalue weighted by Gasteiger charge is 2.24. The normalized spacial score (nSPS) is 21.1. The Balaban J connectivity index is 1.35. The molecule has 4 heteroatoms. The number of carbonyl (C=O) groups excluding carboxylic acids is 1. The van der Waals surface area contributed by atoms with Gasteiger partial charge < -0.3 is 15.5 Å². The van der Waals surface area contributed by atoms with Gasteiger partial charge in [0, 0.05) is 30.0 Å². The van der Waals surface area contributed by atoms with Crippen LogP contribution in [-0.2, 0) is 11.3 Å². The molecule has 4 nitrogen and oxygen atoms in total. The first-order valence-corrected chi connectivity index (χ1v) is 9.76. The topological polar surface area (TPSA) is 50.1 Å². The van der Waals surface area contributed by atoms with Gasteiger partial charge in [0.2, 0.25) is 0 Å². The summed E-state index contributed by atoms with van der Waals surface area (Å²) in [5.41, 5.74) is 2.66. The molecule has 0 spiro atoms. The second-order valence-corrected chi connectivity index (χ2v) is 7.39. The lowest BCUT2D eigenvalue weighted by Crippen LogP contribution is -3.12. The lowest BCUT2D eigenvalue weighted by atomic mass is 10.0. The monoisotopic (exact) mass is 353 g/mol. The molecule has 0 aromatic heterocycles. The van der Waals surface area contributed by atoms with Crippen molar-refractivity contribution in [1.29, 1.82) is 0 Å². The van der Waals surface area contributed by atoms with Crippen molar-refractivity contribution in [2.45, 2.75) is 38.4 Å². The van der Waals surface area contributed by atoms with Gasteiger partial charge in [-0.2, -0.15) is 0 Å². The third-order valence-electron chi connectivity index (χ3n) is 5.34. The van der Waals surface area contributed by atoms with Crippen LogP contribution in [0.1, 0.15) is 36.9 Å². The van der Waals surface area contributed by atoms with Crippen LogP contribution >= 0.6 is 0 Å². The predicted molar refractivity (Wildman–Crippen MR) is 104 cm³/mol. The summed E-state index contributed by atoms with van der Waals surface area (Å²) in [4.78, 5) is 13.9. The third-order valence-corrected chi connectivity index (χ3v) is 5.34. The van der Waals surface area contributed by atoms with E-state index >= 15 is 0 Å². The first kappa shape index (κ1) is 18.6. The molecule has 1 saturated heterocycles. The molecule has 1 aliphatic heterocycles. The number of hydrogen-bond donors (Lipinski definition) is 3. The molecule has 1 amide bonds. The molecule has 2 aromatic rings. The smallest absolute Gasteiger partial charge is 0.275 e. The van der Waals surface area contributed by atoms with E-state index in [2.05, 4.69) is 60.0 Å². The second kappa shape index (κ2) is 9.51. The van der Waals surface area contributed by atoms with Crippen molar-refractivity contribution in [3.8, 4) is 0 Å². The van der Waals surface area contributed by atoms with Crippen LogP contribution in [0.3, 0.4) is 0 Å². The highest BCUT2D eigenvalue weighted by Crippen LogP contribution is 2.06. The number of nitrogens with one attached hydrogen (secondary N) is 2. The van der Waals surface area contributed by atoms with Gasteiger partial charge in [0.15, 0.2) is 6.54 Å². The Kier molecular flexibility index (Phi) is 6.81. The number of benzene rings is 2. The van der Waals surface area contributed by atoms with E-state index in [1.807, 2.05) is 18.2 Å². The van der Waals surface area contributed by atoms with Crippen molar-refractivity contribution in [1.82, 2.24) is 5.32 Å². The largest absolute Gasteiger partial charge is 0.348 e. The van der Waals surface area contributed by atoms with E-state index < -0.39 is 0 Å². The maximum atomic E-state index is 12.3. The predicted octanol–water partition coefficient (Wildman–Crippen LogP) is 0.675. The Morgan fingerprint density at radius 3 is 2.35 bits per heavy atom. The Hall–Kier alpha value is -2.17. The molecule has 138 valence electrons. The summed E-state index contributed by atoms with van der Waals surface area (Å²) in [6.45, 7) is 5.99. The highest BCUT2D eigenvalue weighted by atomic mass is 16.2. The van der Waals surface area contributed by atoms with Crippen molar-refractivity contribution in [3.63, 3.8) is 0 Å². The number of likely N-dealkylation sites (tertiary alicyclic amines) is 1. The number of hydrogen-bond acceptors (Lipinski definition) is 1. The Morgan fingerprint density at radius 2 is 1.69 bits per heavy atom. The highest BCUT2D eigenvalue weighted by molar-refractivity contribution is 5.77. The number of carbonyl (C=O) groups is 1. The lowest BCUT2D eigenvalue weighted by Gasteiger charge is -2.29. The van der Waals surface area contributed by atoms with Gasteiger partial charge in [0.05, 0.1) is 13.1 Å². The van der Waals surface area contributed by atoms with Crippen LogP contribution in [0, 0.1) is 0 Å². The SMILES string of the molecule is C[C@H]([NH2+]CC(=O)NC1CC[NH+](Cc2ccccc2)CC1)c1ccccc1. The Labute approximate surface area is 156 Å². The standard InChI is InChI=1S/C22H29N3O/c1-18(20-10-6-3-7-11-20)23-16-22(26)24-21-12-14-25(15-13-21)17-19-8-4-2-5-9-19/h2-11,18,21,23H,12-17H2,1H3,(H,24,26)/p+2/t18-/m0/s1. The van der Waals surface area contributed by atoms with Gasteiger partial charge >= 0.3 is 0 Å². The average Bonchev–Trinajstić information content (AvgIpc) is 2.69. The number of rotatable bonds is 7. The molecule has 4 N–H and O–H groups in total. The van der Waals surface area contributed by atoms with Crippen molar-refractivity contribution >= 4 is 5.91 Å². The Bertz CT molecular complexity index is 666. The molecule has 0 saturated carbocycles. The van der Waals surface area contributed by atoms with Crippen LogP contribution in [0.4, 0.5) is 0 Å². The van der Waals surface area contributed by atoms with E-state index in [4.69, 9.17) is 0 Å². The summed E-state index contributed by atoms with van der Waals surface area (Å²) >= 11 is 0. The fourth-order valence-corrected chi connectivity index (χ4v) is 3.69. The minimum absolute atomic E-state index is 0.157. The second-order valence-electron chi connectivity index (χ2n) is 7.39. The molecular formula is C22H31N3O+2. The fourth-order valence-electron chi connectivity index (χ4n) is 3.69. The van der Waals surface area contributed by atoms with Gasteiger partial charge in [-0.25, -0.2) is 0 Å². The quantitative estimate of drug-likeness (QED) is 0.673. The maximum Gasteiger partial charge on any atom is 0.275 e. The molecule has 1 atom stereocenters. The van der Waals surface area contributed by atoms with E-state index in [0.29, 0.717) is 18.6 Å². The average molecular weight is 354 g/mol. The number of piperidine rings is 1. The first-order valence-electron chi connectivity index (χ1n) is 9.76. The van der Waals surface area contributed by atoms with Gasteiger partial charge in [0.1, 0.15) is 12.6 Å². The maximum absolute atomic E-state index is 12.3. The van der Waals surface area contributed by atoms with E-state index in [9.17, 15) is 4.79 Å². The van der Waals surface area contributed by atoms with Crippen molar-refractivity contribution in [3.05, 3.63) is 71.8 Å². The molecule has 1 fully saturated rings. The molecule has 2 aromatic carbocycles. The molecule has 0 aliphatic carbocycles. The van der Waals surface area contributed by atoms with Gasteiger partial charge in [0.25, 0.3) is 5.91 Å². The van der Waals surface area contributed by atoms with Crippen molar-refractivity contribution < 1.29 is 15.0 Å². The van der Waals surface area contributed by atoms with E-state index in [1.165, 1.54) is 11.1 Å². The summed E-state index contributed by atoms with van der Waals surface area (Å²) in [6.07, 6.45) is 2.14. The summed E-state index contributed by atoms with van der Waals surface area (Å²) < 4.78 is 0. The zero-order valence-corrected chi connectivity index (χ0v) is 15.7. The van der Waals surface area contributed by atoms with Gasteiger partial charge in [-0.15, -0.1) is 0 Å². The van der Waals surface area contributed by atoms with Crippen molar-refractivity contribution in [2.24, 2.45) is 0 Å². The van der Waals surface area contributed by atoms with E-state index in [1.54, 1.807) is 4.90 Å². The minimum Gasteiger partial charge on any atom is -0.348 e. The molecule has 0 bridgehead atoms. The molecule has 1 heterocycles. The summed E-state index contributed by atoms with van der Waals surface area (Å²) in [7, 11) is 0. The first-order chi connectivity index (χ1) is 12.7. The summed E-state index contributed by atoms with van der Waals surface area (Å²) in [6, 6.07) is 21.7. The minimum atomic E-state index is 0.157. The molecular weight excluding hydrogens is 322 g/mol. The lowest BCUT2D eigenvalue weighted by molar-refractivity contribution is -0.918. The molecule has 3 rings (SSSR count). The fraction of sp³-hybridized carbons (Fsp3) is 0.409. The third kappa shape index (κ3) is 5.68. The molecule has 0 radical (unpaired) electrons. The summed E-state index contributed by atoms with van der Waals surface area (Å²) in [5.74, 6) is 0.157. The zero-order chi connectivity index (χ0) is 18.2. The van der Waals surface area contributed by atoms with Gasteiger partial charge in [-0.1, -0.05) is 60.7 Å². The van der Waals surface area contributed by atoms with Crippen LogP contribution in [0.2, 0.25) is 0 Å². The van der Waals surface area contributed by atoms with E-state index in [0.717, 1.165) is 32.5 Å². The van der Waals surface area contributed by atoms with Gasteiger partial charge in [-0.05, 0) is 6.92 Å². The number of quaternary nitrogens is 2. The molecule has 0 unspecified atom stereocenters. The number of amides is 1. The van der Waals surface area contributed by atoms with Crippen LogP contribution < -0.4 is 15.5 Å². The van der Waals surface area contributed by atoms with Crippen molar-refractivity contribution in [2.75, 3.05) is 19.6 Å². The van der Waals surface area contributed by atoms with E-state index in [-0.39, 0.29) is 5.91 Å². The Morgan fingerprint density at radius 1 is 1.08 bits per heavy atom. The number of nitrogens with two attached hydrogens (primary N) is 1.